The normalized spacial score (nSPS) is 13.5. The van der Waals surface area contributed by atoms with E-state index in [1.807, 2.05) is 6.92 Å². The van der Waals surface area contributed by atoms with Crippen LogP contribution < -0.4 is 5.32 Å². The van der Waals surface area contributed by atoms with Gasteiger partial charge in [-0.2, -0.15) is 0 Å². The van der Waals surface area contributed by atoms with Crippen molar-refractivity contribution in [2.24, 2.45) is 0 Å². The van der Waals surface area contributed by atoms with Crippen molar-refractivity contribution < 1.29 is 18.8 Å². The first-order valence-corrected chi connectivity index (χ1v) is 7.53. The number of non-ortho nitro benzene ring substituents is 1. The zero-order valence-electron chi connectivity index (χ0n) is 13.1. The maximum atomic E-state index is 13.9. The van der Waals surface area contributed by atoms with Crippen LogP contribution in [0.15, 0.2) is 42.5 Å². The number of nitro groups is 1. The Kier molecular flexibility index (Phi) is 5.94. The van der Waals surface area contributed by atoms with Crippen LogP contribution in [0.1, 0.15) is 36.6 Å². The van der Waals surface area contributed by atoms with E-state index in [1.165, 1.54) is 18.2 Å². The molecule has 5 nitrogen and oxygen atoms in total. The van der Waals surface area contributed by atoms with Crippen LogP contribution in [0.5, 0.6) is 0 Å². The summed E-state index contributed by atoms with van der Waals surface area (Å²) in [5.74, 6) is -1.06. The van der Waals surface area contributed by atoms with Crippen LogP contribution in [0.4, 0.5) is 14.5 Å². The first-order chi connectivity index (χ1) is 11.4. The number of halogens is 2. The van der Waals surface area contributed by atoms with Gasteiger partial charge in [0.2, 0.25) is 0 Å². The van der Waals surface area contributed by atoms with Gasteiger partial charge in [0.1, 0.15) is 11.6 Å². The van der Waals surface area contributed by atoms with Crippen LogP contribution in [0.25, 0.3) is 0 Å². The van der Waals surface area contributed by atoms with Gasteiger partial charge in [-0.3, -0.25) is 10.1 Å². The Morgan fingerprint density at radius 3 is 2.67 bits per heavy atom. The summed E-state index contributed by atoms with van der Waals surface area (Å²) in [6.07, 6.45) is -0.516. The highest BCUT2D eigenvalue weighted by atomic mass is 19.1. The fraction of sp³-hybridized carbons (Fsp3) is 0.294. The summed E-state index contributed by atoms with van der Waals surface area (Å²) in [7, 11) is 0. The molecule has 0 radical (unpaired) electrons. The first kappa shape index (κ1) is 18.0. The SMILES string of the molecule is CCC(NCC(O)c1cccc([N+](=O)[O-])c1)c1cc(F)ccc1F. The molecule has 2 atom stereocenters. The Balaban J connectivity index is 2.09. The molecule has 2 aromatic carbocycles. The van der Waals surface area contributed by atoms with Gasteiger partial charge in [0.15, 0.2) is 0 Å². The van der Waals surface area contributed by atoms with Crippen molar-refractivity contribution in [2.75, 3.05) is 6.54 Å². The second-order valence-electron chi connectivity index (χ2n) is 5.40. The lowest BCUT2D eigenvalue weighted by Crippen LogP contribution is -2.27. The highest BCUT2D eigenvalue weighted by Crippen LogP contribution is 2.23. The van der Waals surface area contributed by atoms with E-state index in [1.54, 1.807) is 6.07 Å². The van der Waals surface area contributed by atoms with E-state index >= 15 is 0 Å². The average Bonchev–Trinajstić information content (AvgIpc) is 2.58. The number of nitrogens with one attached hydrogen (secondary N) is 1. The topological polar surface area (TPSA) is 75.4 Å². The molecule has 0 saturated heterocycles. The first-order valence-electron chi connectivity index (χ1n) is 7.53. The molecule has 2 aromatic rings. The molecule has 0 bridgehead atoms. The monoisotopic (exact) mass is 336 g/mol. The highest BCUT2D eigenvalue weighted by molar-refractivity contribution is 5.35. The minimum absolute atomic E-state index is 0.0512. The summed E-state index contributed by atoms with van der Waals surface area (Å²) in [5.41, 5.74) is 0.449. The number of aliphatic hydroxyl groups is 1. The number of nitrogens with zero attached hydrogens (tertiary/aromatic N) is 1. The molecule has 0 heterocycles. The predicted molar refractivity (Wildman–Crippen MR) is 85.4 cm³/mol. The van der Waals surface area contributed by atoms with Crippen molar-refractivity contribution in [2.45, 2.75) is 25.5 Å². The van der Waals surface area contributed by atoms with Gasteiger partial charge >= 0.3 is 0 Å². The quantitative estimate of drug-likeness (QED) is 0.598. The molecule has 0 fully saturated rings. The fourth-order valence-corrected chi connectivity index (χ4v) is 2.47. The van der Waals surface area contributed by atoms with E-state index in [0.29, 0.717) is 12.0 Å². The molecular weight excluding hydrogens is 318 g/mol. The van der Waals surface area contributed by atoms with Crippen LogP contribution in [-0.2, 0) is 0 Å². The van der Waals surface area contributed by atoms with E-state index in [0.717, 1.165) is 18.2 Å². The van der Waals surface area contributed by atoms with E-state index in [4.69, 9.17) is 0 Å². The van der Waals surface area contributed by atoms with Gasteiger partial charge in [0.05, 0.1) is 11.0 Å². The van der Waals surface area contributed by atoms with Crippen LogP contribution in [0.2, 0.25) is 0 Å². The molecule has 0 saturated carbocycles. The summed E-state index contributed by atoms with van der Waals surface area (Å²) < 4.78 is 27.2. The van der Waals surface area contributed by atoms with Crippen molar-refractivity contribution in [3.63, 3.8) is 0 Å². The molecular formula is C17H18F2N2O3. The fourth-order valence-electron chi connectivity index (χ4n) is 2.47. The van der Waals surface area contributed by atoms with Crippen molar-refractivity contribution >= 4 is 5.69 Å². The molecule has 128 valence electrons. The number of benzene rings is 2. The summed E-state index contributed by atoms with van der Waals surface area (Å²) in [5, 5.41) is 23.9. The maximum absolute atomic E-state index is 13.9. The van der Waals surface area contributed by atoms with E-state index < -0.39 is 28.7 Å². The predicted octanol–water partition coefficient (Wildman–Crippen LogP) is 3.65. The third kappa shape index (κ3) is 4.33. The molecule has 7 heteroatoms. The third-order valence-electron chi connectivity index (χ3n) is 3.77. The molecule has 24 heavy (non-hydrogen) atoms. The summed E-state index contributed by atoms with van der Waals surface area (Å²) in [6, 6.07) is 8.43. The Labute approximate surface area is 138 Å². The summed E-state index contributed by atoms with van der Waals surface area (Å²) >= 11 is 0. The molecule has 2 unspecified atom stereocenters. The number of hydrogen-bond donors (Lipinski definition) is 2. The molecule has 0 amide bonds. The minimum atomic E-state index is -1.00. The van der Waals surface area contributed by atoms with Gasteiger partial charge in [0, 0.05) is 30.3 Å². The number of hydrogen-bond acceptors (Lipinski definition) is 4. The second-order valence-corrected chi connectivity index (χ2v) is 5.40. The smallest absolute Gasteiger partial charge is 0.269 e. The zero-order valence-corrected chi connectivity index (χ0v) is 13.1. The van der Waals surface area contributed by atoms with Crippen LogP contribution in [0.3, 0.4) is 0 Å². The highest BCUT2D eigenvalue weighted by Gasteiger charge is 2.18. The van der Waals surface area contributed by atoms with Gasteiger partial charge in [-0.1, -0.05) is 19.1 Å². The lowest BCUT2D eigenvalue weighted by molar-refractivity contribution is -0.385. The number of nitro benzene ring substituents is 1. The van der Waals surface area contributed by atoms with Crippen molar-refractivity contribution in [3.8, 4) is 0 Å². The Morgan fingerprint density at radius 2 is 2.00 bits per heavy atom. The standard InChI is InChI=1S/C17H18F2N2O3/c1-2-16(14-9-12(18)6-7-15(14)19)20-10-17(22)11-4-3-5-13(8-11)21(23)24/h3-9,16-17,20,22H,2,10H2,1H3. The Hall–Kier alpha value is -2.38. The Morgan fingerprint density at radius 1 is 1.25 bits per heavy atom. The molecule has 0 aromatic heterocycles. The van der Waals surface area contributed by atoms with Crippen molar-refractivity contribution in [3.05, 3.63) is 75.3 Å². The third-order valence-corrected chi connectivity index (χ3v) is 3.77. The van der Waals surface area contributed by atoms with Crippen molar-refractivity contribution in [1.82, 2.24) is 5.32 Å². The van der Waals surface area contributed by atoms with Crippen LogP contribution in [0, 0.1) is 21.7 Å². The van der Waals surface area contributed by atoms with Gasteiger partial charge in [0.25, 0.3) is 5.69 Å². The maximum Gasteiger partial charge on any atom is 0.269 e. The summed E-state index contributed by atoms with van der Waals surface area (Å²) in [4.78, 5) is 10.2. The van der Waals surface area contributed by atoms with E-state index in [9.17, 15) is 24.0 Å². The van der Waals surface area contributed by atoms with Crippen molar-refractivity contribution in [1.29, 1.82) is 0 Å². The largest absolute Gasteiger partial charge is 0.387 e. The number of aliphatic hydroxyl groups excluding tert-OH is 1. The average molecular weight is 336 g/mol. The lowest BCUT2D eigenvalue weighted by atomic mass is 10.0. The molecule has 2 rings (SSSR count). The van der Waals surface area contributed by atoms with Gasteiger partial charge < -0.3 is 10.4 Å². The zero-order chi connectivity index (χ0) is 17.7. The minimum Gasteiger partial charge on any atom is -0.387 e. The second kappa shape index (κ2) is 7.94. The van der Waals surface area contributed by atoms with Gasteiger partial charge in [-0.25, -0.2) is 8.78 Å². The van der Waals surface area contributed by atoms with Gasteiger partial charge in [-0.05, 0) is 30.2 Å². The van der Waals surface area contributed by atoms with Gasteiger partial charge in [-0.15, -0.1) is 0 Å². The molecule has 0 spiro atoms. The van der Waals surface area contributed by atoms with Crippen LogP contribution in [-0.4, -0.2) is 16.6 Å². The summed E-state index contributed by atoms with van der Waals surface area (Å²) in [6.45, 7) is 1.86. The molecule has 0 aliphatic rings. The molecule has 2 N–H and O–H groups in total. The molecule has 0 aliphatic heterocycles. The molecule has 0 aliphatic carbocycles. The van der Waals surface area contributed by atoms with E-state index in [2.05, 4.69) is 5.32 Å². The van der Waals surface area contributed by atoms with E-state index in [-0.39, 0.29) is 17.8 Å². The lowest BCUT2D eigenvalue weighted by Gasteiger charge is -2.20. The van der Waals surface area contributed by atoms with Crippen LogP contribution >= 0.6 is 0 Å². The Bertz CT molecular complexity index is 725. The number of rotatable bonds is 7.